The highest BCUT2D eigenvalue weighted by Crippen LogP contribution is 2.27. The summed E-state index contributed by atoms with van der Waals surface area (Å²) in [5.74, 6) is 1.03. The summed E-state index contributed by atoms with van der Waals surface area (Å²) in [4.78, 5) is 6.74. The molecule has 1 fully saturated rings. The fraction of sp³-hybridized carbons (Fsp3) is 0.500. The van der Waals surface area contributed by atoms with E-state index in [-0.39, 0.29) is 0 Å². The summed E-state index contributed by atoms with van der Waals surface area (Å²) in [6.45, 7) is 5.23. The van der Waals surface area contributed by atoms with Gasteiger partial charge in [0, 0.05) is 36.3 Å². The molecule has 1 aromatic heterocycles. The SMILES string of the molecule is C[C@@H]1CN(c2ncc(Br)cc2Br)CCN1. The zero-order valence-electron chi connectivity index (χ0n) is 8.50. The van der Waals surface area contributed by atoms with E-state index in [1.807, 2.05) is 12.3 Å². The molecule has 0 radical (unpaired) electrons. The van der Waals surface area contributed by atoms with Crippen molar-refractivity contribution in [3.05, 3.63) is 21.2 Å². The van der Waals surface area contributed by atoms with E-state index in [1.165, 1.54) is 0 Å². The van der Waals surface area contributed by atoms with Crippen molar-refractivity contribution in [2.75, 3.05) is 24.5 Å². The van der Waals surface area contributed by atoms with Crippen molar-refractivity contribution in [1.29, 1.82) is 0 Å². The Morgan fingerprint density at radius 3 is 3.00 bits per heavy atom. The molecule has 5 heteroatoms. The number of nitrogens with zero attached hydrogens (tertiary/aromatic N) is 2. The Morgan fingerprint density at radius 1 is 1.53 bits per heavy atom. The van der Waals surface area contributed by atoms with Crippen molar-refractivity contribution in [3.8, 4) is 0 Å². The van der Waals surface area contributed by atoms with E-state index in [1.54, 1.807) is 0 Å². The first-order valence-electron chi connectivity index (χ1n) is 4.96. The number of piperazine rings is 1. The maximum atomic E-state index is 4.44. The van der Waals surface area contributed by atoms with Gasteiger partial charge in [0.15, 0.2) is 0 Å². The molecule has 2 heterocycles. The summed E-state index contributed by atoms with van der Waals surface area (Å²) in [5, 5.41) is 3.42. The highest BCUT2D eigenvalue weighted by molar-refractivity contribution is 9.11. The molecule has 0 unspecified atom stereocenters. The van der Waals surface area contributed by atoms with Gasteiger partial charge in [-0.05, 0) is 44.8 Å². The third kappa shape index (κ3) is 2.71. The highest BCUT2D eigenvalue weighted by atomic mass is 79.9. The summed E-state index contributed by atoms with van der Waals surface area (Å²) in [6, 6.07) is 2.56. The molecule has 0 aliphatic carbocycles. The van der Waals surface area contributed by atoms with Gasteiger partial charge in [0.1, 0.15) is 5.82 Å². The first-order valence-corrected chi connectivity index (χ1v) is 6.55. The summed E-state index contributed by atoms with van der Waals surface area (Å²) >= 11 is 6.96. The van der Waals surface area contributed by atoms with Crippen molar-refractivity contribution in [3.63, 3.8) is 0 Å². The van der Waals surface area contributed by atoms with Gasteiger partial charge in [0.25, 0.3) is 0 Å². The quantitative estimate of drug-likeness (QED) is 0.854. The molecule has 1 N–H and O–H groups in total. The number of halogens is 2. The van der Waals surface area contributed by atoms with E-state index in [0.29, 0.717) is 6.04 Å². The second kappa shape index (κ2) is 4.80. The normalized spacial score (nSPS) is 21.8. The first-order chi connectivity index (χ1) is 7.16. The number of anilines is 1. The molecule has 0 spiro atoms. The topological polar surface area (TPSA) is 28.2 Å². The van der Waals surface area contributed by atoms with Crippen LogP contribution in [-0.4, -0.2) is 30.7 Å². The van der Waals surface area contributed by atoms with Crippen LogP contribution in [0.4, 0.5) is 5.82 Å². The molecule has 0 bridgehead atoms. The van der Waals surface area contributed by atoms with Gasteiger partial charge in [0.05, 0.1) is 4.47 Å². The van der Waals surface area contributed by atoms with Crippen molar-refractivity contribution < 1.29 is 0 Å². The van der Waals surface area contributed by atoms with Gasteiger partial charge in [-0.1, -0.05) is 0 Å². The zero-order chi connectivity index (χ0) is 10.8. The van der Waals surface area contributed by atoms with Gasteiger partial charge in [-0.3, -0.25) is 0 Å². The van der Waals surface area contributed by atoms with Crippen LogP contribution < -0.4 is 10.2 Å². The molecule has 1 aromatic rings. The second-order valence-electron chi connectivity index (χ2n) is 3.76. The molecule has 0 aromatic carbocycles. The smallest absolute Gasteiger partial charge is 0.143 e. The maximum absolute atomic E-state index is 4.44. The average molecular weight is 335 g/mol. The van der Waals surface area contributed by atoms with Gasteiger partial charge >= 0.3 is 0 Å². The number of hydrogen-bond donors (Lipinski definition) is 1. The standard InChI is InChI=1S/C10H13Br2N3/c1-7-6-15(3-2-13-7)10-9(12)4-8(11)5-14-10/h4-5,7,13H,2-3,6H2,1H3/t7-/m1/s1. The number of hydrogen-bond acceptors (Lipinski definition) is 3. The number of pyridine rings is 1. The molecule has 0 saturated carbocycles. The molecule has 1 saturated heterocycles. The summed E-state index contributed by atoms with van der Waals surface area (Å²) in [5.41, 5.74) is 0. The van der Waals surface area contributed by atoms with E-state index in [9.17, 15) is 0 Å². The van der Waals surface area contributed by atoms with Crippen LogP contribution in [0.15, 0.2) is 21.2 Å². The Labute approximate surface area is 107 Å². The van der Waals surface area contributed by atoms with Crippen molar-refractivity contribution in [2.24, 2.45) is 0 Å². The summed E-state index contributed by atoms with van der Waals surface area (Å²) in [7, 11) is 0. The van der Waals surface area contributed by atoms with Crippen LogP contribution in [0.5, 0.6) is 0 Å². The number of aromatic nitrogens is 1. The monoisotopic (exact) mass is 333 g/mol. The van der Waals surface area contributed by atoms with Crippen molar-refractivity contribution >= 4 is 37.7 Å². The fourth-order valence-electron chi connectivity index (χ4n) is 1.76. The molecular formula is C10H13Br2N3. The predicted octanol–water partition coefficient (Wildman–Crippen LogP) is 2.40. The van der Waals surface area contributed by atoms with Crippen LogP contribution in [0.25, 0.3) is 0 Å². The number of nitrogens with one attached hydrogen (secondary N) is 1. The van der Waals surface area contributed by atoms with Gasteiger partial charge in [-0.25, -0.2) is 4.98 Å². The Bertz CT molecular complexity index is 357. The average Bonchev–Trinajstić information content (AvgIpc) is 2.17. The van der Waals surface area contributed by atoms with Crippen LogP contribution in [0.1, 0.15) is 6.92 Å². The Balaban J connectivity index is 2.21. The van der Waals surface area contributed by atoms with Gasteiger partial charge in [-0.2, -0.15) is 0 Å². The molecule has 3 nitrogen and oxygen atoms in total. The Hall–Kier alpha value is -0.130. The molecule has 1 aliphatic heterocycles. The molecule has 82 valence electrons. The Morgan fingerprint density at radius 2 is 2.33 bits per heavy atom. The van der Waals surface area contributed by atoms with Crippen LogP contribution in [0.3, 0.4) is 0 Å². The molecule has 15 heavy (non-hydrogen) atoms. The molecule has 1 atom stereocenters. The third-order valence-electron chi connectivity index (χ3n) is 2.46. The van der Waals surface area contributed by atoms with Crippen molar-refractivity contribution in [2.45, 2.75) is 13.0 Å². The van der Waals surface area contributed by atoms with E-state index >= 15 is 0 Å². The molecule has 1 aliphatic rings. The van der Waals surface area contributed by atoms with E-state index in [0.717, 1.165) is 34.4 Å². The fourth-order valence-corrected chi connectivity index (χ4v) is 3.00. The second-order valence-corrected chi connectivity index (χ2v) is 5.53. The minimum absolute atomic E-state index is 0.524. The van der Waals surface area contributed by atoms with Gasteiger partial charge in [-0.15, -0.1) is 0 Å². The lowest BCUT2D eigenvalue weighted by Crippen LogP contribution is -2.49. The maximum Gasteiger partial charge on any atom is 0.143 e. The third-order valence-corrected chi connectivity index (χ3v) is 3.47. The zero-order valence-corrected chi connectivity index (χ0v) is 11.7. The largest absolute Gasteiger partial charge is 0.353 e. The summed E-state index contributed by atoms with van der Waals surface area (Å²) in [6.07, 6.45) is 1.84. The van der Waals surface area contributed by atoms with Gasteiger partial charge in [0.2, 0.25) is 0 Å². The van der Waals surface area contributed by atoms with E-state index in [4.69, 9.17) is 0 Å². The minimum Gasteiger partial charge on any atom is -0.353 e. The molecule has 2 rings (SSSR count). The first kappa shape index (κ1) is 11.4. The predicted molar refractivity (Wildman–Crippen MR) is 69.3 cm³/mol. The van der Waals surface area contributed by atoms with Crippen LogP contribution in [0, 0.1) is 0 Å². The van der Waals surface area contributed by atoms with Crippen LogP contribution in [-0.2, 0) is 0 Å². The lowest BCUT2D eigenvalue weighted by atomic mass is 10.2. The van der Waals surface area contributed by atoms with Crippen molar-refractivity contribution in [1.82, 2.24) is 10.3 Å². The summed E-state index contributed by atoms with van der Waals surface area (Å²) < 4.78 is 2.05. The van der Waals surface area contributed by atoms with Crippen LogP contribution in [0.2, 0.25) is 0 Å². The highest BCUT2D eigenvalue weighted by Gasteiger charge is 2.18. The van der Waals surface area contributed by atoms with Gasteiger partial charge < -0.3 is 10.2 Å². The number of rotatable bonds is 1. The van der Waals surface area contributed by atoms with E-state index in [2.05, 4.69) is 54.0 Å². The molecular weight excluding hydrogens is 322 g/mol. The lowest BCUT2D eigenvalue weighted by Gasteiger charge is -2.33. The lowest BCUT2D eigenvalue weighted by molar-refractivity contribution is 0.482. The van der Waals surface area contributed by atoms with E-state index < -0.39 is 0 Å². The Kier molecular flexibility index (Phi) is 3.64. The molecule has 0 amide bonds. The minimum atomic E-state index is 0.524. The van der Waals surface area contributed by atoms with Crippen LogP contribution >= 0.6 is 31.9 Å².